The Balaban J connectivity index is 1.53. The molecule has 1 N–H and O–H groups in total. The van der Waals surface area contributed by atoms with Gasteiger partial charge in [0.25, 0.3) is 5.78 Å². The molecule has 212 valence electrons. The van der Waals surface area contributed by atoms with E-state index in [-0.39, 0.29) is 27.9 Å². The minimum absolute atomic E-state index is 0.0234. The molecule has 0 bridgehead atoms. The van der Waals surface area contributed by atoms with E-state index in [1.165, 1.54) is 11.0 Å². The van der Waals surface area contributed by atoms with E-state index >= 15 is 0 Å². The third-order valence-electron chi connectivity index (χ3n) is 6.75. The van der Waals surface area contributed by atoms with Gasteiger partial charge in [0.1, 0.15) is 29.6 Å². The number of amides is 1. The number of hydrogen-bond acceptors (Lipinski definition) is 8. The van der Waals surface area contributed by atoms with Crippen LogP contribution in [0.4, 0.5) is 5.13 Å². The van der Waals surface area contributed by atoms with Crippen LogP contribution in [0, 0.1) is 13.8 Å². The van der Waals surface area contributed by atoms with Crippen LogP contribution in [0.1, 0.15) is 43.7 Å². The molecule has 9 heteroatoms. The lowest BCUT2D eigenvalue weighted by Crippen LogP contribution is -2.29. The van der Waals surface area contributed by atoms with Crippen molar-refractivity contribution >= 4 is 39.9 Å². The van der Waals surface area contributed by atoms with Crippen molar-refractivity contribution in [2.45, 2.75) is 26.5 Å². The molecule has 3 aromatic carbocycles. The summed E-state index contributed by atoms with van der Waals surface area (Å²) in [5, 5.41) is 11.7. The zero-order valence-electron chi connectivity index (χ0n) is 23.1. The van der Waals surface area contributed by atoms with Crippen molar-refractivity contribution in [2.24, 2.45) is 0 Å². The van der Waals surface area contributed by atoms with Crippen molar-refractivity contribution in [3.63, 3.8) is 0 Å². The standard InChI is InChI=1S/C33H28N2O6S/c1-4-17-40-32(39)30-21(3)34-33(42-30)35-27(23-13-9-6-10-14-23)26(29(37)31(35)38)28(36)24-15-16-25(20(2)18-24)41-19-22-11-7-5-8-12-22/h4-16,18,27,36H,1,17,19H2,2-3H3/b28-26+. The first-order chi connectivity index (χ1) is 20.3. The number of ketones is 1. The average Bonchev–Trinajstić information content (AvgIpc) is 3.52. The van der Waals surface area contributed by atoms with Crippen molar-refractivity contribution in [1.29, 1.82) is 0 Å². The van der Waals surface area contributed by atoms with Gasteiger partial charge in [-0.15, -0.1) is 0 Å². The minimum atomic E-state index is -0.969. The van der Waals surface area contributed by atoms with Gasteiger partial charge in [0.2, 0.25) is 0 Å². The molecule has 1 fully saturated rings. The Bertz CT molecular complexity index is 1690. The third kappa shape index (κ3) is 5.59. The number of aliphatic hydroxyl groups excluding tert-OH is 1. The number of hydrogen-bond donors (Lipinski definition) is 1. The molecular formula is C33H28N2O6S. The van der Waals surface area contributed by atoms with E-state index in [2.05, 4.69) is 11.6 Å². The Morgan fingerprint density at radius 3 is 2.40 bits per heavy atom. The SMILES string of the molecule is C=CCOC(=O)c1sc(N2C(=O)C(=O)/C(=C(/O)c3ccc(OCc4ccccc4)c(C)c3)C2c2ccccc2)nc1C. The van der Waals surface area contributed by atoms with Gasteiger partial charge in [-0.2, -0.15) is 0 Å². The second kappa shape index (κ2) is 12.2. The fourth-order valence-corrected chi connectivity index (χ4v) is 5.69. The first-order valence-corrected chi connectivity index (χ1v) is 14.0. The van der Waals surface area contributed by atoms with Crippen LogP contribution in [0.2, 0.25) is 0 Å². The van der Waals surface area contributed by atoms with Gasteiger partial charge in [-0.3, -0.25) is 14.5 Å². The van der Waals surface area contributed by atoms with Crippen LogP contribution in [0.15, 0.2) is 97.1 Å². The lowest BCUT2D eigenvalue weighted by molar-refractivity contribution is -0.132. The minimum Gasteiger partial charge on any atom is -0.507 e. The fraction of sp³-hybridized carbons (Fsp3) is 0.152. The highest BCUT2D eigenvalue weighted by molar-refractivity contribution is 7.17. The summed E-state index contributed by atoms with van der Waals surface area (Å²) < 4.78 is 11.1. The first kappa shape index (κ1) is 28.5. The lowest BCUT2D eigenvalue weighted by Gasteiger charge is -2.23. The van der Waals surface area contributed by atoms with Crippen LogP contribution < -0.4 is 9.64 Å². The van der Waals surface area contributed by atoms with Gasteiger partial charge in [-0.05, 0) is 48.7 Å². The largest absolute Gasteiger partial charge is 0.507 e. The molecular weight excluding hydrogens is 552 g/mol. The summed E-state index contributed by atoms with van der Waals surface area (Å²) in [6, 6.07) is 22.8. The number of Topliss-reactive ketones (excluding diaryl/α,β-unsaturated/α-hetero) is 1. The number of aryl methyl sites for hydroxylation is 2. The Hall–Kier alpha value is -5.02. The number of carbonyl (C=O) groups is 3. The van der Waals surface area contributed by atoms with Gasteiger partial charge in [0, 0.05) is 5.56 Å². The number of rotatable bonds is 9. The molecule has 2 heterocycles. The number of aromatic nitrogens is 1. The highest BCUT2D eigenvalue weighted by atomic mass is 32.1. The number of benzene rings is 3. The number of carbonyl (C=O) groups excluding carboxylic acids is 3. The highest BCUT2D eigenvalue weighted by Crippen LogP contribution is 2.44. The van der Waals surface area contributed by atoms with Crippen LogP contribution in [-0.2, 0) is 20.9 Å². The zero-order valence-corrected chi connectivity index (χ0v) is 23.9. The van der Waals surface area contributed by atoms with Gasteiger partial charge in [0.05, 0.1) is 17.3 Å². The first-order valence-electron chi connectivity index (χ1n) is 13.2. The van der Waals surface area contributed by atoms with Crippen LogP contribution >= 0.6 is 11.3 Å². The number of aliphatic hydroxyl groups is 1. The Labute approximate surface area is 247 Å². The van der Waals surface area contributed by atoms with Gasteiger partial charge in [-0.1, -0.05) is 84.7 Å². The number of thiazole rings is 1. The molecule has 42 heavy (non-hydrogen) atoms. The van der Waals surface area contributed by atoms with E-state index in [1.807, 2.05) is 43.3 Å². The van der Waals surface area contributed by atoms with Crippen molar-refractivity contribution in [3.8, 4) is 5.75 Å². The predicted molar refractivity (Wildman–Crippen MR) is 161 cm³/mol. The Morgan fingerprint density at radius 2 is 1.74 bits per heavy atom. The van der Waals surface area contributed by atoms with Crippen LogP contribution in [0.3, 0.4) is 0 Å². The monoisotopic (exact) mass is 580 g/mol. The molecule has 0 spiro atoms. The second-order valence-electron chi connectivity index (χ2n) is 9.63. The van der Waals surface area contributed by atoms with Gasteiger partial charge < -0.3 is 14.6 Å². The van der Waals surface area contributed by atoms with Crippen molar-refractivity contribution in [3.05, 3.63) is 130 Å². The summed E-state index contributed by atoms with van der Waals surface area (Å²) in [4.78, 5) is 45.4. The smallest absolute Gasteiger partial charge is 0.350 e. The molecule has 4 aromatic rings. The molecule has 1 amide bonds. The molecule has 0 saturated carbocycles. The highest BCUT2D eigenvalue weighted by Gasteiger charge is 2.48. The normalized spacial score (nSPS) is 16.0. The molecule has 0 aliphatic carbocycles. The van der Waals surface area contributed by atoms with E-state index in [4.69, 9.17) is 9.47 Å². The fourth-order valence-electron chi connectivity index (χ4n) is 4.70. The van der Waals surface area contributed by atoms with Crippen molar-refractivity contribution in [2.75, 3.05) is 11.5 Å². The maximum absolute atomic E-state index is 13.5. The van der Waals surface area contributed by atoms with Crippen molar-refractivity contribution < 1.29 is 29.0 Å². The Kier molecular flexibility index (Phi) is 8.31. The second-order valence-corrected chi connectivity index (χ2v) is 10.6. The Morgan fingerprint density at radius 1 is 1.05 bits per heavy atom. The van der Waals surface area contributed by atoms with E-state index in [1.54, 1.807) is 49.4 Å². The summed E-state index contributed by atoms with van der Waals surface area (Å²) >= 11 is 0.949. The van der Waals surface area contributed by atoms with Gasteiger partial charge >= 0.3 is 11.9 Å². The maximum atomic E-state index is 13.5. The summed E-state index contributed by atoms with van der Waals surface area (Å²) in [5.74, 6) is -2.00. The topological polar surface area (TPSA) is 106 Å². The molecule has 1 unspecified atom stereocenters. The zero-order chi connectivity index (χ0) is 29.8. The van der Waals surface area contributed by atoms with Crippen LogP contribution in [-0.4, -0.2) is 34.4 Å². The van der Waals surface area contributed by atoms with E-state index in [0.717, 1.165) is 22.5 Å². The summed E-state index contributed by atoms with van der Waals surface area (Å²) in [6.45, 7) is 7.42. The number of anilines is 1. The number of nitrogens with zero attached hydrogens (tertiary/aromatic N) is 2. The molecule has 1 atom stereocenters. The lowest BCUT2D eigenvalue weighted by atomic mass is 9.95. The molecule has 8 nitrogen and oxygen atoms in total. The molecule has 1 aromatic heterocycles. The van der Waals surface area contributed by atoms with E-state index < -0.39 is 23.7 Å². The summed E-state index contributed by atoms with van der Waals surface area (Å²) in [5.41, 5.74) is 3.01. The number of ether oxygens (including phenoxy) is 2. The van der Waals surface area contributed by atoms with Crippen LogP contribution in [0.5, 0.6) is 5.75 Å². The van der Waals surface area contributed by atoms with Crippen LogP contribution in [0.25, 0.3) is 5.76 Å². The van der Waals surface area contributed by atoms with Gasteiger partial charge in [-0.25, -0.2) is 9.78 Å². The van der Waals surface area contributed by atoms with Gasteiger partial charge in [0.15, 0.2) is 5.13 Å². The average molecular weight is 581 g/mol. The van der Waals surface area contributed by atoms with Crippen molar-refractivity contribution in [1.82, 2.24) is 4.98 Å². The molecule has 1 aliphatic rings. The number of esters is 1. The van der Waals surface area contributed by atoms with E-state index in [9.17, 15) is 19.5 Å². The van der Waals surface area contributed by atoms with E-state index in [0.29, 0.717) is 29.2 Å². The molecule has 1 saturated heterocycles. The molecule has 0 radical (unpaired) electrons. The molecule has 5 rings (SSSR count). The quantitative estimate of drug-likeness (QED) is 0.0813. The summed E-state index contributed by atoms with van der Waals surface area (Å²) in [7, 11) is 0. The molecule has 1 aliphatic heterocycles. The summed E-state index contributed by atoms with van der Waals surface area (Å²) in [6.07, 6.45) is 1.45. The third-order valence-corrected chi connectivity index (χ3v) is 7.89. The predicted octanol–water partition coefficient (Wildman–Crippen LogP) is 6.31. The maximum Gasteiger partial charge on any atom is 0.350 e.